The second-order valence-corrected chi connectivity index (χ2v) is 19.6. The largest absolute Gasteiger partial charge is 0.458 e. The fraction of sp³-hybridized carbons (Fsp3) is 0.156. The SMILES string of the molecule is [2H]c1c([2H])c([2H])c(-c2cccc(-c3cc(C(C)(C)C)cc(C(C)(C)C)c3)c2-[n+]2[c-]n(-c3cccc(Oc4ccc5c6ccccc6n(-c6cc(C([2H])([2H])C)ccn6)c5c4)c3)c3ccc(-c4ccccc4)cc32)c([2H])c1[2H]. The molecule has 0 fully saturated rings. The van der Waals surface area contributed by atoms with Crippen molar-refractivity contribution in [2.24, 2.45) is 0 Å². The molecule has 0 bridgehead atoms. The average molecular weight is 904 g/mol. The topological polar surface area (TPSA) is 35.9 Å². The van der Waals surface area contributed by atoms with Crippen LogP contribution in [0.25, 0.3) is 83.4 Å². The van der Waals surface area contributed by atoms with Gasteiger partial charge in [0.1, 0.15) is 17.3 Å². The Kier molecular flexibility index (Phi) is 9.02. The number of hydrogen-bond acceptors (Lipinski definition) is 2. The molecule has 11 aromatic rings. The van der Waals surface area contributed by atoms with Crippen LogP contribution in [0.2, 0.25) is 0 Å². The average Bonchev–Trinajstić information content (AvgIpc) is 3.96. The number of aryl methyl sites for hydroxylation is 1. The van der Waals surface area contributed by atoms with Crippen molar-refractivity contribution >= 4 is 32.8 Å². The number of nitrogens with zero attached hydrogens (tertiary/aromatic N) is 4. The van der Waals surface area contributed by atoms with E-state index in [-0.39, 0.29) is 28.5 Å². The van der Waals surface area contributed by atoms with Crippen molar-refractivity contribution in [2.45, 2.75) is 65.7 Å². The molecule has 0 radical (unpaired) electrons. The molecule has 3 heterocycles. The first kappa shape index (κ1) is 36.1. The summed E-state index contributed by atoms with van der Waals surface area (Å²) < 4.78 is 74.5. The number of ether oxygens (including phenoxy) is 1. The molecule has 0 unspecified atom stereocenters. The van der Waals surface area contributed by atoms with Gasteiger partial charge >= 0.3 is 0 Å². The maximum atomic E-state index is 9.33. The van der Waals surface area contributed by atoms with E-state index in [0.717, 1.165) is 71.9 Å². The highest BCUT2D eigenvalue weighted by Crippen LogP contribution is 2.40. The number of benzene rings is 8. The third-order valence-corrected chi connectivity index (χ3v) is 13.0. The van der Waals surface area contributed by atoms with Crippen LogP contribution < -0.4 is 9.30 Å². The Balaban J connectivity index is 1.13. The van der Waals surface area contributed by atoms with E-state index in [9.17, 15) is 2.74 Å². The molecule has 5 heteroatoms. The Morgan fingerprint density at radius 3 is 2.03 bits per heavy atom. The number of pyridine rings is 1. The maximum absolute atomic E-state index is 9.33. The van der Waals surface area contributed by atoms with Crippen LogP contribution in [0.15, 0.2) is 200 Å². The molecule has 338 valence electrons. The van der Waals surface area contributed by atoms with Gasteiger partial charge in [0.15, 0.2) is 0 Å². The summed E-state index contributed by atoms with van der Waals surface area (Å²) in [5.41, 5.74) is 11.3. The van der Waals surface area contributed by atoms with Gasteiger partial charge in [0.2, 0.25) is 0 Å². The quantitative estimate of drug-likeness (QED) is 0.107. The van der Waals surface area contributed by atoms with E-state index in [4.69, 9.17) is 16.6 Å². The van der Waals surface area contributed by atoms with Crippen LogP contribution in [0.3, 0.4) is 0 Å². The summed E-state index contributed by atoms with van der Waals surface area (Å²) in [5, 5.41) is 2.03. The third kappa shape index (κ3) is 8.18. The van der Waals surface area contributed by atoms with Crippen LogP contribution in [0.4, 0.5) is 0 Å². The van der Waals surface area contributed by atoms with Crippen molar-refractivity contribution < 1.29 is 18.9 Å². The standard InChI is InChI=1S/C64H56N4O/c1-8-43-33-34-65-61(35-43)68-57-28-16-15-25-55(57)56-31-30-52(41-59(56)68)69-51-24-17-23-50(40-51)66-42-67(60-38-46(29-32-58(60)66)44-19-11-9-12-20-44)62-53(45-21-13-10-14-22-45)26-18-27-54(62)47-36-48(63(2,3)4)39-49(37-47)64(5,6)7/h9-41H,8H2,1-7H3/i8D2,10D,13D,14D,21D,22D. The molecular weight excluding hydrogens is 841 g/mol. The Bertz CT molecular complexity index is 4040. The number of fused-ring (bicyclic) bond motifs is 4. The molecule has 69 heavy (non-hydrogen) atoms. The van der Waals surface area contributed by atoms with Gasteiger partial charge in [0, 0.05) is 25.8 Å². The normalized spacial score (nSPS) is 13.7. The minimum Gasteiger partial charge on any atom is -0.458 e. The van der Waals surface area contributed by atoms with Gasteiger partial charge in [-0.25, -0.2) is 4.98 Å². The van der Waals surface area contributed by atoms with E-state index in [1.54, 1.807) is 25.3 Å². The summed E-state index contributed by atoms with van der Waals surface area (Å²) >= 11 is 0. The van der Waals surface area contributed by atoms with Gasteiger partial charge in [0.05, 0.1) is 40.3 Å². The highest BCUT2D eigenvalue weighted by atomic mass is 16.5. The molecule has 0 N–H and O–H groups in total. The van der Waals surface area contributed by atoms with Gasteiger partial charge in [0.25, 0.3) is 6.33 Å². The molecular formula is C64H56N4O. The second-order valence-electron chi connectivity index (χ2n) is 19.6. The summed E-state index contributed by atoms with van der Waals surface area (Å²) in [4.78, 5) is 4.72. The lowest BCUT2D eigenvalue weighted by Gasteiger charge is -2.27. The number of imidazole rings is 1. The van der Waals surface area contributed by atoms with E-state index >= 15 is 0 Å². The summed E-state index contributed by atoms with van der Waals surface area (Å²) in [6.07, 6.45) is 3.83. The Hall–Kier alpha value is -8.02. The molecule has 8 aromatic carbocycles. The zero-order valence-corrected chi connectivity index (χ0v) is 39.9. The van der Waals surface area contributed by atoms with Gasteiger partial charge in [-0.2, -0.15) is 0 Å². The fourth-order valence-electron chi connectivity index (χ4n) is 9.31. The monoisotopic (exact) mass is 903 g/mol. The van der Waals surface area contributed by atoms with Crippen molar-refractivity contribution in [1.82, 2.24) is 14.1 Å². The van der Waals surface area contributed by atoms with E-state index in [1.807, 2.05) is 111 Å². The summed E-state index contributed by atoms with van der Waals surface area (Å²) in [5.74, 6) is 1.75. The molecule has 0 atom stereocenters. The molecule has 0 saturated carbocycles. The predicted molar refractivity (Wildman–Crippen MR) is 285 cm³/mol. The van der Waals surface area contributed by atoms with Gasteiger partial charge in [-0.3, -0.25) is 13.7 Å². The van der Waals surface area contributed by atoms with Gasteiger partial charge in [-0.1, -0.05) is 182 Å². The molecule has 11 rings (SSSR count). The lowest BCUT2D eigenvalue weighted by atomic mass is 9.78. The molecule has 0 aliphatic rings. The van der Waals surface area contributed by atoms with E-state index in [1.165, 1.54) is 0 Å². The Morgan fingerprint density at radius 1 is 0.580 bits per heavy atom. The molecule has 0 spiro atoms. The van der Waals surface area contributed by atoms with Crippen LogP contribution in [-0.2, 0) is 17.2 Å². The molecule has 0 aliphatic carbocycles. The van der Waals surface area contributed by atoms with Crippen LogP contribution in [-0.4, -0.2) is 14.1 Å². The lowest BCUT2D eigenvalue weighted by Crippen LogP contribution is -2.31. The van der Waals surface area contributed by atoms with Crippen molar-refractivity contribution in [3.8, 4) is 62.1 Å². The van der Waals surface area contributed by atoms with Crippen molar-refractivity contribution in [3.05, 3.63) is 223 Å². The highest BCUT2D eigenvalue weighted by molar-refractivity contribution is 6.09. The Morgan fingerprint density at radius 2 is 1.28 bits per heavy atom. The first-order valence-corrected chi connectivity index (χ1v) is 23.4. The molecule has 0 saturated heterocycles. The zero-order chi connectivity index (χ0) is 53.6. The van der Waals surface area contributed by atoms with E-state index in [2.05, 4.69) is 102 Å². The van der Waals surface area contributed by atoms with Crippen LogP contribution in [0.1, 0.15) is 74.8 Å². The number of hydrogen-bond donors (Lipinski definition) is 0. The van der Waals surface area contributed by atoms with Gasteiger partial charge in [-0.15, -0.1) is 0 Å². The number of aromatic nitrogens is 4. The Labute approximate surface area is 415 Å². The first-order chi connectivity index (χ1) is 36.2. The second kappa shape index (κ2) is 17.2. The fourth-order valence-corrected chi connectivity index (χ4v) is 9.31. The third-order valence-electron chi connectivity index (χ3n) is 13.0. The van der Waals surface area contributed by atoms with Crippen molar-refractivity contribution in [2.75, 3.05) is 0 Å². The van der Waals surface area contributed by atoms with Crippen molar-refractivity contribution in [1.29, 1.82) is 0 Å². The smallest absolute Gasteiger partial charge is 0.269 e. The highest BCUT2D eigenvalue weighted by Gasteiger charge is 2.25. The number of rotatable bonds is 9. The zero-order valence-electron chi connectivity index (χ0n) is 46.9. The summed E-state index contributed by atoms with van der Waals surface area (Å²) in [6, 6.07) is 52.5. The minimum atomic E-state index is -1.56. The summed E-state index contributed by atoms with van der Waals surface area (Å²) in [7, 11) is 0. The minimum absolute atomic E-state index is 0.0908. The molecule has 0 aliphatic heterocycles. The number of para-hydroxylation sites is 2. The van der Waals surface area contributed by atoms with Crippen LogP contribution >= 0.6 is 0 Å². The molecule has 3 aromatic heterocycles. The first-order valence-electron chi connectivity index (χ1n) is 26.9. The van der Waals surface area contributed by atoms with Gasteiger partial charge in [-0.05, 0) is 122 Å². The predicted octanol–water partition coefficient (Wildman–Crippen LogP) is 16.2. The molecule has 0 amide bonds. The van der Waals surface area contributed by atoms with Gasteiger partial charge < -0.3 is 4.74 Å². The van der Waals surface area contributed by atoms with Crippen LogP contribution in [0.5, 0.6) is 11.5 Å². The van der Waals surface area contributed by atoms with E-state index in [0.29, 0.717) is 34.1 Å². The lowest BCUT2D eigenvalue weighted by molar-refractivity contribution is -0.571. The summed E-state index contributed by atoms with van der Waals surface area (Å²) in [6.45, 7) is 14.8. The van der Waals surface area contributed by atoms with Crippen molar-refractivity contribution in [3.63, 3.8) is 0 Å². The molecule has 5 nitrogen and oxygen atoms in total. The van der Waals surface area contributed by atoms with Crippen LogP contribution in [0, 0.1) is 6.33 Å². The van der Waals surface area contributed by atoms with E-state index < -0.39 is 24.5 Å². The maximum Gasteiger partial charge on any atom is 0.269 e.